The van der Waals surface area contributed by atoms with Crippen LogP contribution in [0.3, 0.4) is 0 Å². The third-order valence-electron chi connectivity index (χ3n) is 5.25. The number of ether oxygens (including phenoxy) is 1. The zero-order valence-electron chi connectivity index (χ0n) is 14.9. The van der Waals surface area contributed by atoms with Crippen LogP contribution in [0.15, 0.2) is 18.7 Å². The van der Waals surface area contributed by atoms with Crippen LogP contribution in [0.5, 0.6) is 0 Å². The monoisotopic (exact) mass is 306 g/mol. The second kappa shape index (κ2) is 8.14. The SMILES string of the molecule is CCOC(CCCn1ccnc1)C1CCCCC1C(C)(C)C. The Kier molecular flexibility index (Phi) is 6.49. The van der Waals surface area contributed by atoms with Crippen molar-refractivity contribution >= 4 is 0 Å². The highest BCUT2D eigenvalue weighted by molar-refractivity contribution is 4.88. The van der Waals surface area contributed by atoms with Crippen LogP contribution in [0.4, 0.5) is 0 Å². The number of aromatic nitrogens is 2. The maximum atomic E-state index is 6.20. The molecule has 0 N–H and O–H groups in total. The Morgan fingerprint density at radius 1 is 1.27 bits per heavy atom. The predicted molar refractivity (Wildman–Crippen MR) is 91.8 cm³/mol. The first-order valence-electron chi connectivity index (χ1n) is 9.09. The molecule has 1 saturated carbocycles. The molecule has 0 aromatic carbocycles. The lowest BCUT2D eigenvalue weighted by Gasteiger charge is -2.44. The Morgan fingerprint density at radius 2 is 2.05 bits per heavy atom. The third kappa shape index (κ3) is 4.84. The summed E-state index contributed by atoms with van der Waals surface area (Å²) in [6, 6.07) is 0. The van der Waals surface area contributed by atoms with Crippen LogP contribution in [0, 0.1) is 17.3 Å². The molecular formula is C19H34N2O. The van der Waals surface area contributed by atoms with E-state index in [2.05, 4.69) is 37.2 Å². The molecule has 0 aliphatic heterocycles. The average molecular weight is 306 g/mol. The van der Waals surface area contributed by atoms with Gasteiger partial charge < -0.3 is 9.30 Å². The average Bonchev–Trinajstić information content (AvgIpc) is 2.99. The van der Waals surface area contributed by atoms with E-state index in [1.54, 1.807) is 0 Å². The molecule has 3 unspecified atom stereocenters. The largest absolute Gasteiger partial charge is 0.378 e. The number of hydrogen-bond donors (Lipinski definition) is 0. The maximum absolute atomic E-state index is 6.20. The smallest absolute Gasteiger partial charge is 0.0945 e. The summed E-state index contributed by atoms with van der Waals surface area (Å²) in [5.74, 6) is 1.53. The molecule has 1 aromatic rings. The molecule has 0 spiro atoms. The molecule has 1 aromatic heterocycles. The number of aryl methyl sites for hydroxylation is 1. The Labute approximate surface area is 136 Å². The zero-order valence-corrected chi connectivity index (χ0v) is 14.9. The van der Waals surface area contributed by atoms with Crippen molar-refractivity contribution in [2.45, 2.75) is 78.9 Å². The van der Waals surface area contributed by atoms with E-state index < -0.39 is 0 Å². The minimum atomic E-state index is 0.394. The molecule has 126 valence electrons. The lowest BCUT2D eigenvalue weighted by atomic mass is 9.64. The summed E-state index contributed by atoms with van der Waals surface area (Å²) in [5, 5.41) is 0. The zero-order chi connectivity index (χ0) is 16.0. The van der Waals surface area contributed by atoms with Gasteiger partial charge >= 0.3 is 0 Å². The highest BCUT2D eigenvalue weighted by Crippen LogP contribution is 2.44. The predicted octanol–water partition coefficient (Wildman–Crippen LogP) is 4.92. The molecule has 1 aliphatic carbocycles. The molecule has 0 amide bonds. The Balaban J connectivity index is 1.95. The quantitative estimate of drug-likeness (QED) is 0.715. The van der Waals surface area contributed by atoms with Gasteiger partial charge in [-0.1, -0.05) is 33.6 Å². The van der Waals surface area contributed by atoms with E-state index in [0.29, 0.717) is 11.5 Å². The van der Waals surface area contributed by atoms with Gasteiger partial charge in [0.2, 0.25) is 0 Å². The molecule has 0 saturated heterocycles. The van der Waals surface area contributed by atoms with Crippen LogP contribution >= 0.6 is 0 Å². The fourth-order valence-electron chi connectivity index (χ4n) is 4.21. The van der Waals surface area contributed by atoms with Crippen molar-refractivity contribution in [3.8, 4) is 0 Å². The summed E-state index contributed by atoms with van der Waals surface area (Å²) in [6.07, 6.45) is 14.1. The molecule has 0 bridgehead atoms. The second-order valence-electron chi connectivity index (χ2n) is 7.86. The Hall–Kier alpha value is -0.830. The van der Waals surface area contributed by atoms with Crippen molar-refractivity contribution in [1.82, 2.24) is 9.55 Å². The summed E-state index contributed by atoms with van der Waals surface area (Å²) in [5.41, 5.74) is 0.394. The van der Waals surface area contributed by atoms with Crippen molar-refractivity contribution in [2.24, 2.45) is 17.3 Å². The van der Waals surface area contributed by atoms with Crippen molar-refractivity contribution in [2.75, 3.05) is 6.61 Å². The van der Waals surface area contributed by atoms with E-state index in [9.17, 15) is 0 Å². The van der Waals surface area contributed by atoms with E-state index in [4.69, 9.17) is 4.74 Å². The molecule has 3 nitrogen and oxygen atoms in total. The minimum Gasteiger partial charge on any atom is -0.378 e. The van der Waals surface area contributed by atoms with Crippen molar-refractivity contribution < 1.29 is 4.74 Å². The van der Waals surface area contributed by atoms with Gasteiger partial charge in [0.25, 0.3) is 0 Å². The summed E-state index contributed by atoms with van der Waals surface area (Å²) < 4.78 is 8.37. The summed E-state index contributed by atoms with van der Waals surface area (Å²) in [4.78, 5) is 4.12. The lowest BCUT2D eigenvalue weighted by Crippen LogP contribution is -2.39. The number of nitrogens with zero attached hydrogens (tertiary/aromatic N) is 2. The van der Waals surface area contributed by atoms with Crippen LogP contribution < -0.4 is 0 Å². The van der Waals surface area contributed by atoms with E-state index in [1.807, 2.05) is 18.7 Å². The molecule has 0 radical (unpaired) electrons. The number of rotatable bonds is 7. The molecule has 3 heteroatoms. The van der Waals surface area contributed by atoms with Gasteiger partial charge in [0.05, 0.1) is 12.4 Å². The van der Waals surface area contributed by atoms with Crippen LogP contribution in [0.25, 0.3) is 0 Å². The first kappa shape index (κ1) is 17.5. The van der Waals surface area contributed by atoms with Crippen LogP contribution in [0.2, 0.25) is 0 Å². The molecule has 1 fully saturated rings. The summed E-state index contributed by atoms with van der Waals surface area (Å²) in [6.45, 7) is 11.2. The van der Waals surface area contributed by atoms with Gasteiger partial charge in [0.1, 0.15) is 0 Å². The third-order valence-corrected chi connectivity index (χ3v) is 5.25. The van der Waals surface area contributed by atoms with E-state index in [1.165, 1.54) is 38.5 Å². The topological polar surface area (TPSA) is 27.1 Å². The van der Waals surface area contributed by atoms with Crippen molar-refractivity contribution in [3.63, 3.8) is 0 Å². The number of imidazole rings is 1. The maximum Gasteiger partial charge on any atom is 0.0945 e. The molecule has 3 atom stereocenters. The fourth-order valence-corrected chi connectivity index (χ4v) is 4.21. The molecule has 1 aliphatic rings. The van der Waals surface area contributed by atoms with Gasteiger partial charge in [-0.2, -0.15) is 0 Å². The Morgan fingerprint density at radius 3 is 2.68 bits per heavy atom. The van der Waals surface area contributed by atoms with E-state index >= 15 is 0 Å². The highest BCUT2D eigenvalue weighted by atomic mass is 16.5. The van der Waals surface area contributed by atoms with Crippen LogP contribution in [-0.2, 0) is 11.3 Å². The highest BCUT2D eigenvalue weighted by Gasteiger charge is 2.38. The molecule has 22 heavy (non-hydrogen) atoms. The molecule has 1 heterocycles. The van der Waals surface area contributed by atoms with Gasteiger partial charge in [0.15, 0.2) is 0 Å². The van der Waals surface area contributed by atoms with Gasteiger partial charge in [-0.3, -0.25) is 0 Å². The Bertz CT molecular complexity index is 408. The van der Waals surface area contributed by atoms with E-state index in [0.717, 1.165) is 25.0 Å². The number of hydrogen-bond acceptors (Lipinski definition) is 2. The van der Waals surface area contributed by atoms with Crippen molar-refractivity contribution in [3.05, 3.63) is 18.7 Å². The van der Waals surface area contributed by atoms with E-state index in [-0.39, 0.29) is 0 Å². The first-order chi connectivity index (χ1) is 10.5. The van der Waals surface area contributed by atoms with Crippen LogP contribution in [-0.4, -0.2) is 22.3 Å². The molecular weight excluding hydrogens is 272 g/mol. The van der Waals surface area contributed by atoms with Gasteiger partial charge in [0, 0.05) is 25.5 Å². The second-order valence-corrected chi connectivity index (χ2v) is 7.86. The van der Waals surface area contributed by atoms with Gasteiger partial charge in [-0.15, -0.1) is 0 Å². The first-order valence-corrected chi connectivity index (χ1v) is 9.09. The lowest BCUT2D eigenvalue weighted by molar-refractivity contribution is -0.0458. The standard InChI is InChI=1S/C19H34N2O/c1-5-22-18(11-8-13-21-14-12-20-15-21)16-9-6-7-10-17(16)19(2,3)4/h12,14-18H,5-11,13H2,1-4H3. The van der Waals surface area contributed by atoms with Gasteiger partial charge in [-0.05, 0) is 49.9 Å². The minimum absolute atomic E-state index is 0.394. The summed E-state index contributed by atoms with van der Waals surface area (Å²) in [7, 11) is 0. The molecule has 2 rings (SSSR count). The van der Waals surface area contributed by atoms with Crippen LogP contribution in [0.1, 0.15) is 66.2 Å². The normalized spacial score (nSPS) is 24.4. The van der Waals surface area contributed by atoms with Gasteiger partial charge in [-0.25, -0.2) is 4.98 Å². The fraction of sp³-hybridized carbons (Fsp3) is 0.842. The van der Waals surface area contributed by atoms with Crippen molar-refractivity contribution in [1.29, 1.82) is 0 Å². The summed E-state index contributed by atoms with van der Waals surface area (Å²) >= 11 is 0.